The normalized spacial score (nSPS) is 20.1. The Balaban J connectivity index is 1.23. The number of hydrogen-bond donors (Lipinski definition) is 3. The molecule has 2 aromatic heterocycles. The van der Waals surface area contributed by atoms with Gasteiger partial charge in [0, 0.05) is 52.4 Å². The number of carbonyl (C=O) groups excluding carboxylic acids is 3. The van der Waals surface area contributed by atoms with Gasteiger partial charge in [0.05, 0.1) is 19.3 Å². The summed E-state index contributed by atoms with van der Waals surface area (Å²) in [5.74, 6) is -0.702. The first-order chi connectivity index (χ1) is 17.4. The summed E-state index contributed by atoms with van der Waals surface area (Å²) in [6.45, 7) is 1.50. The average Bonchev–Trinajstić information content (AvgIpc) is 3.49. The summed E-state index contributed by atoms with van der Waals surface area (Å²) >= 11 is 7.43. The average molecular weight is 530 g/mol. The second kappa shape index (κ2) is 10.6. The van der Waals surface area contributed by atoms with Gasteiger partial charge in [0.1, 0.15) is 5.69 Å². The largest absolute Gasteiger partial charge is 0.468 e. The van der Waals surface area contributed by atoms with Crippen molar-refractivity contribution in [3.63, 3.8) is 0 Å². The molecule has 2 amide bonds. The van der Waals surface area contributed by atoms with Crippen LogP contribution in [0.2, 0.25) is 5.02 Å². The molecule has 3 N–H and O–H groups in total. The predicted molar refractivity (Wildman–Crippen MR) is 137 cm³/mol. The molecular weight excluding hydrogens is 502 g/mol. The highest BCUT2D eigenvalue weighted by Crippen LogP contribution is 2.26. The summed E-state index contributed by atoms with van der Waals surface area (Å²) < 4.78 is 4.76. The summed E-state index contributed by atoms with van der Waals surface area (Å²) in [7, 11) is 1.38. The van der Waals surface area contributed by atoms with E-state index in [0.29, 0.717) is 35.2 Å². The fraction of sp³-hybridized carbons (Fsp3) is 0.440. The molecule has 3 heterocycles. The first-order valence-corrected chi connectivity index (χ1v) is 13.3. The molecule has 1 aliphatic carbocycles. The highest BCUT2D eigenvalue weighted by atomic mass is 35.5. The molecule has 0 bridgehead atoms. The number of rotatable bonds is 6. The van der Waals surface area contributed by atoms with E-state index in [2.05, 4.69) is 20.6 Å². The first-order valence-electron chi connectivity index (χ1n) is 12.1. The van der Waals surface area contributed by atoms with Crippen LogP contribution < -0.4 is 10.6 Å². The number of esters is 1. The van der Waals surface area contributed by atoms with Crippen LogP contribution >= 0.6 is 22.9 Å². The molecule has 36 heavy (non-hydrogen) atoms. The molecule has 2 unspecified atom stereocenters. The van der Waals surface area contributed by atoms with Gasteiger partial charge in [-0.15, -0.1) is 11.3 Å². The zero-order valence-electron chi connectivity index (χ0n) is 19.9. The highest BCUT2D eigenvalue weighted by molar-refractivity contribution is 7.13. The third-order valence-electron chi connectivity index (χ3n) is 6.81. The van der Waals surface area contributed by atoms with E-state index >= 15 is 0 Å². The van der Waals surface area contributed by atoms with Gasteiger partial charge in [0.15, 0.2) is 5.01 Å². The van der Waals surface area contributed by atoms with Crippen molar-refractivity contribution in [3.8, 4) is 0 Å². The summed E-state index contributed by atoms with van der Waals surface area (Å²) in [5, 5.41) is 8.14. The number of thiazole rings is 1. The van der Waals surface area contributed by atoms with Crippen molar-refractivity contribution in [2.45, 2.75) is 50.7 Å². The number of amides is 2. The molecule has 2 aliphatic rings. The second-order valence-electron chi connectivity index (χ2n) is 9.28. The van der Waals surface area contributed by atoms with E-state index in [9.17, 15) is 14.4 Å². The van der Waals surface area contributed by atoms with Crippen molar-refractivity contribution in [2.24, 2.45) is 0 Å². The van der Waals surface area contributed by atoms with Crippen molar-refractivity contribution >= 4 is 51.6 Å². The number of nitrogens with one attached hydrogen (secondary N) is 3. The topological polar surface area (TPSA) is 116 Å². The molecule has 9 nitrogen and oxygen atoms in total. The maximum atomic E-state index is 13.1. The lowest BCUT2D eigenvalue weighted by Crippen LogP contribution is -2.53. The van der Waals surface area contributed by atoms with E-state index in [1.54, 1.807) is 12.1 Å². The first kappa shape index (κ1) is 24.7. The predicted octanol–water partition coefficient (Wildman–Crippen LogP) is 3.28. The molecule has 3 aromatic rings. The summed E-state index contributed by atoms with van der Waals surface area (Å²) in [4.78, 5) is 48.4. The van der Waals surface area contributed by atoms with Gasteiger partial charge >= 0.3 is 5.97 Å². The van der Waals surface area contributed by atoms with E-state index in [0.717, 1.165) is 47.2 Å². The molecule has 1 fully saturated rings. The van der Waals surface area contributed by atoms with Crippen LogP contribution in [0, 0.1) is 0 Å². The van der Waals surface area contributed by atoms with Gasteiger partial charge in [-0.1, -0.05) is 24.4 Å². The summed E-state index contributed by atoms with van der Waals surface area (Å²) in [5.41, 5.74) is 2.22. The number of fused-ring (bicyclic) bond motifs is 2. The van der Waals surface area contributed by atoms with E-state index in [1.165, 1.54) is 18.4 Å². The number of carbonyl (C=O) groups is 3. The van der Waals surface area contributed by atoms with Gasteiger partial charge in [-0.25, -0.2) is 4.98 Å². The van der Waals surface area contributed by atoms with Crippen molar-refractivity contribution in [2.75, 3.05) is 20.2 Å². The van der Waals surface area contributed by atoms with Crippen LogP contribution in [-0.2, 0) is 22.5 Å². The molecule has 0 saturated heterocycles. The van der Waals surface area contributed by atoms with Crippen LogP contribution in [0.5, 0.6) is 0 Å². The number of methoxy groups -OCH3 is 1. The van der Waals surface area contributed by atoms with Gasteiger partial charge in [-0.2, -0.15) is 0 Å². The van der Waals surface area contributed by atoms with E-state index in [-0.39, 0.29) is 36.4 Å². The maximum Gasteiger partial charge on any atom is 0.319 e. The lowest BCUT2D eigenvalue weighted by Gasteiger charge is -2.32. The van der Waals surface area contributed by atoms with Gasteiger partial charge in [-0.3, -0.25) is 19.3 Å². The molecule has 1 aromatic carbocycles. The van der Waals surface area contributed by atoms with Crippen LogP contribution in [0.3, 0.4) is 0 Å². The number of aromatic nitrogens is 2. The minimum Gasteiger partial charge on any atom is -0.468 e. The number of ether oxygens (including phenoxy) is 1. The monoisotopic (exact) mass is 529 g/mol. The third-order valence-corrected chi connectivity index (χ3v) is 8.13. The Morgan fingerprint density at radius 1 is 1.17 bits per heavy atom. The van der Waals surface area contributed by atoms with Crippen LogP contribution in [-0.4, -0.2) is 64.9 Å². The minimum atomic E-state index is -0.275. The highest BCUT2D eigenvalue weighted by Gasteiger charge is 2.31. The lowest BCUT2D eigenvalue weighted by molar-refractivity contribution is -0.142. The number of nitrogens with zero attached hydrogens (tertiary/aromatic N) is 2. The van der Waals surface area contributed by atoms with E-state index in [1.807, 2.05) is 17.0 Å². The van der Waals surface area contributed by atoms with Crippen molar-refractivity contribution in [1.29, 1.82) is 0 Å². The standard InChI is InChI=1S/C25H28ClN5O4S/c1-35-22(32)13-31-9-8-19-21(12-31)36-25(30-19)24(34)29-18-5-3-2-4-17(18)28-23(33)20-11-14-10-15(26)6-7-16(14)27-20/h6-7,10-11,17-18,27H,2-5,8-9,12-13H2,1H3,(H,28,33)(H,29,34). The number of benzene rings is 1. The Bertz CT molecular complexity index is 1300. The Kier molecular flexibility index (Phi) is 7.27. The quantitative estimate of drug-likeness (QED) is 0.422. The maximum absolute atomic E-state index is 13.1. The lowest BCUT2D eigenvalue weighted by atomic mass is 9.90. The Labute approximate surface area is 217 Å². The van der Waals surface area contributed by atoms with E-state index < -0.39 is 0 Å². The molecule has 2 atom stereocenters. The van der Waals surface area contributed by atoms with Crippen molar-refractivity contribution < 1.29 is 19.1 Å². The Hall–Kier alpha value is -2.95. The van der Waals surface area contributed by atoms with Crippen LogP contribution in [0.15, 0.2) is 24.3 Å². The van der Waals surface area contributed by atoms with Gasteiger partial charge < -0.3 is 20.4 Å². The molecular formula is C25H28ClN5O4S. The van der Waals surface area contributed by atoms with Crippen molar-refractivity contribution in [3.05, 3.63) is 50.6 Å². The summed E-state index contributed by atoms with van der Waals surface area (Å²) in [6.07, 6.45) is 4.24. The fourth-order valence-corrected chi connectivity index (χ4v) is 6.14. The van der Waals surface area contributed by atoms with Gasteiger partial charge in [-0.05, 0) is 37.1 Å². The minimum absolute atomic E-state index is 0.171. The molecule has 190 valence electrons. The molecule has 1 aliphatic heterocycles. The van der Waals surface area contributed by atoms with Gasteiger partial charge in [0.25, 0.3) is 11.8 Å². The molecule has 5 rings (SSSR count). The SMILES string of the molecule is COC(=O)CN1CCc2nc(C(=O)NC3CCCCC3NC(=O)c3cc4cc(Cl)ccc4[nH]3)sc2C1. The fourth-order valence-electron chi connectivity index (χ4n) is 4.91. The third kappa shape index (κ3) is 5.40. The molecule has 1 saturated carbocycles. The molecule has 0 spiro atoms. The van der Waals surface area contributed by atoms with Crippen LogP contribution in [0.1, 0.15) is 56.5 Å². The zero-order chi connectivity index (χ0) is 25.2. The number of hydrogen-bond acceptors (Lipinski definition) is 7. The molecule has 11 heteroatoms. The van der Waals surface area contributed by atoms with Crippen LogP contribution in [0.4, 0.5) is 0 Å². The number of aromatic amines is 1. The Morgan fingerprint density at radius 2 is 1.92 bits per heavy atom. The Morgan fingerprint density at radius 3 is 2.67 bits per heavy atom. The number of halogens is 1. The van der Waals surface area contributed by atoms with E-state index in [4.69, 9.17) is 16.3 Å². The summed E-state index contributed by atoms with van der Waals surface area (Å²) in [6, 6.07) is 6.88. The van der Waals surface area contributed by atoms with Crippen LogP contribution in [0.25, 0.3) is 10.9 Å². The number of H-pyrrole nitrogens is 1. The van der Waals surface area contributed by atoms with Crippen molar-refractivity contribution in [1.82, 2.24) is 25.5 Å². The zero-order valence-corrected chi connectivity index (χ0v) is 21.5. The van der Waals surface area contributed by atoms with Gasteiger partial charge in [0.2, 0.25) is 0 Å². The smallest absolute Gasteiger partial charge is 0.319 e. The molecule has 0 radical (unpaired) electrons. The second-order valence-corrected chi connectivity index (χ2v) is 10.8.